The van der Waals surface area contributed by atoms with Crippen molar-refractivity contribution in [2.24, 2.45) is 4.99 Å². The van der Waals surface area contributed by atoms with Gasteiger partial charge in [-0.1, -0.05) is 12.7 Å². The SMILES string of the molecule is C=C/C(=C\C(C)=NCC)C(=O)O. The van der Waals surface area contributed by atoms with Gasteiger partial charge in [-0.2, -0.15) is 0 Å². The van der Waals surface area contributed by atoms with Gasteiger partial charge in [-0.05, 0) is 19.9 Å². The number of nitrogens with zero attached hydrogens (tertiary/aromatic N) is 1. The van der Waals surface area contributed by atoms with Crippen LogP contribution >= 0.6 is 0 Å². The summed E-state index contributed by atoms with van der Waals surface area (Å²) in [7, 11) is 0. The van der Waals surface area contributed by atoms with Crippen LogP contribution in [0.1, 0.15) is 13.8 Å². The van der Waals surface area contributed by atoms with Crippen LogP contribution in [0.4, 0.5) is 0 Å². The Labute approximate surface area is 72.1 Å². The summed E-state index contributed by atoms with van der Waals surface area (Å²) in [6.45, 7) is 7.70. The number of aliphatic carboxylic acids is 1. The Morgan fingerprint density at radius 3 is 2.58 bits per heavy atom. The van der Waals surface area contributed by atoms with E-state index in [2.05, 4.69) is 11.6 Å². The Balaban J connectivity index is 4.60. The summed E-state index contributed by atoms with van der Waals surface area (Å²) in [5.74, 6) is -0.976. The van der Waals surface area contributed by atoms with Gasteiger partial charge in [-0.3, -0.25) is 4.99 Å². The van der Waals surface area contributed by atoms with Crippen molar-refractivity contribution in [2.45, 2.75) is 13.8 Å². The third-order valence-corrected chi connectivity index (χ3v) is 1.24. The average molecular weight is 167 g/mol. The largest absolute Gasteiger partial charge is 0.478 e. The predicted octanol–water partition coefficient (Wildman–Crippen LogP) is 1.66. The van der Waals surface area contributed by atoms with Gasteiger partial charge in [0.05, 0.1) is 5.57 Å². The molecule has 12 heavy (non-hydrogen) atoms. The molecule has 0 aliphatic rings. The maximum Gasteiger partial charge on any atom is 0.335 e. The summed E-state index contributed by atoms with van der Waals surface area (Å²) in [4.78, 5) is 14.5. The minimum absolute atomic E-state index is 0.171. The van der Waals surface area contributed by atoms with Crippen molar-refractivity contribution in [3.05, 3.63) is 24.3 Å². The highest BCUT2D eigenvalue weighted by atomic mass is 16.4. The van der Waals surface area contributed by atoms with Gasteiger partial charge in [0.1, 0.15) is 0 Å². The van der Waals surface area contributed by atoms with E-state index in [-0.39, 0.29) is 5.57 Å². The van der Waals surface area contributed by atoms with Gasteiger partial charge in [-0.25, -0.2) is 4.79 Å². The van der Waals surface area contributed by atoms with Crippen molar-refractivity contribution in [1.82, 2.24) is 0 Å². The molecule has 0 atom stereocenters. The number of carbonyl (C=O) groups is 1. The van der Waals surface area contributed by atoms with Crippen molar-refractivity contribution in [3.8, 4) is 0 Å². The van der Waals surface area contributed by atoms with E-state index in [0.29, 0.717) is 12.3 Å². The highest BCUT2D eigenvalue weighted by Gasteiger charge is 2.01. The molecule has 1 N–H and O–H groups in total. The van der Waals surface area contributed by atoms with Crippen molar-refractivity contribution in [1.29, 1.82) is 0 Å². The Hall–Kier alpha value is -1.38. The molecule has 0 radical (unpaired) electrons. The van der Waals surface area contributed by atoms with E-state index in [1.165, 1.54) is 12.2 Å². The Kier molecular flexibility index (Phi) is 4.69. The maximum absolute atomic E-state index is 10.5. The van der Waals surface area contributed by atoms with Gasteiger partial charge in [0.2, 0.25) is 0 Å². The molecule has 3 heteroatoms. The first-order valence-corrected chi connectivity index (χ1v) is 3.70. The normalized spacial score (nSPS) is 12.8. The highest BCUT2D eigenvalue weighted by molar-refractivity contribution is 6.01. The summed E-state index contributed by atoms with van der Waals surface area (Å²) >= 11 is 0. The molecular weight excluding hydrogens is 154 g/mol. The van der Waals surface area contributed by atoms with Crippen LogP contribution in [-0.4, -0.2) is 23.3 Å². The molecule has 0 aliphatic heterocycles. The molecule has 0 saturated heterocycles. The number of carboxylic acid groups (broad SMARTS) is 1. The van der Waals surface area contributed by atoms with Gasteiger partial charge in [-0.15, -0.1) is 0 Å². The molecule has 0 spiro atoms. The van der Waals surface area contributed by atoms with E-state index >= 15 is 0 Å². The van der Waals surface area contributed by atoms with Crippen LogP contribution in [0.15, 0.2) is 29.3 Å². The lowest BCUT2D eigenvalue weighted by Gasteiger charge is -1.94. The Bertz CT molecular complexity index is 239. The topological polar surface area (TPSA) is 49.7 Å². The molecule has 3 nitrogen and oxygen atoms in total. The fourth-order valence-electron chi connectivity index (χ4n) is 0.728. The minimum atomic E-state index is -0.976. The number of rotatable bonds is 4. The van der Waals surface area contributed by atoms with Crippen LogP contribution in [0.5, 0.6) is 0 Å². The zero-order chi connectivity index (χ0) is 9.56. The third kappa shape index (κ3) is 3.71. The van der Waals surface area contributed by atoms with Crippen molar-refractivity contribution in [2.75, 3.05) is 6.54 Å². The lowest BCUT2D eigenvalue weighted by atomic mass is 10.2. The summed E-state index contributed by atoms with van der Waals surface area (Å²) in [6, 6.07) is 0. The van der Waals surface area contributed by atoms with Crippen LogP contribution in [0, 0.1) is 0 Å². The van der Waals surface area contributed by atoms with E-state index in [9.17, 15) is 4.79 Å². The lowest BCUT2D eigenvalue weighted by Crippen LogP contribution is -2.00. The number of hydrogen-bond acceptors (Lipinski definition) is 2. The predicted molar refractivity (Wildman–Crippen MR) is 49.6 cm³/mol. The van der Waals surface area contributed by atoms with Gasteiger partial charge >= 0.3 is 5.97 Å². The van der Waals surface area contributed by atoms with E-state index in [1.54, 1.807) is 6.92 Å². The van der Waals surface area contributed by atoms with Crippen LogP contribution in [0.2, 0.25) is 0 Å². The second-order valence-corrected chi connectivity index (χ2v) is 2.22. The number of allylic oxidation sites excluding steroid dienone is 1. The van der Waals surface area contributed by atoms with Gasteiger partial charge in [0.15, 0.2) is 0 Å². The molecule has 66 valence electrons. The van der Waals surface area contributed by atoms with Crippen molar-refractivity contribution >= 4 is 11.7 Å². The number of carboxylic acids is 1. The number of aliphatic imine (C=N–C) groups is 1. The zero-order valence-corrected chi connectivity index (χ0v) is 7.37. The first-order chi connectivity index (χ1) is 5.61. The molecule has 0 aromatic heterocycles. The fraction of sp³-hybridized carbons (Fsp3) is 0.333. The molecule has 0 aromatic rings. The molecule has 0 amide bonds. The van der Waals surface area contributed by atoms with Crippen LogP contribution in [0.3, 0.4) is 0 Å². The molecule has 0 aromatic carbocycles. The first-order valence-electron chi connectivity index (χ1n) is 3.70. The second kappa shape index (κ2) is 5.29. The van der Waals surface area contributed by atoms with Gasteiger partial charge < -0.3 is 5.11 Å². The standard InChI is InChI=1S/C9H13NO2/c1-4-8(9(11)12)6-7(3)10-5-2/h4,6H,1,5H2,2-3H3,(H,11,12)/b8-6+,10-7?. The molecule has 0 aliphatic carbocycles. The molecule has 0 bridgehead atoms. The molecule has 0 fully saturated rings. The summed E-state index contributed by atoms with van der Waals surface area (Å²) in [5, 5.41) is 8.60. The molecule has 0 saturated carbocycles. The van der Waals surface area contributed by atoms with Gasteiger partial charge in [0, 0.05) is 12.3 Å². The highest BCUT2D eigenvalue weighted by Crippen LogP contribution is 1.96. The Morgan fingerprint density at radius 2 is 2.25 bits per heavy atom. The minimum Gasteiger partial charge on any atom is -0.478 e. The van der Waals surface area contributed by atoms with Crippen LogP contribution < -0.4 is 0 Å². The monoisotopic (exact) mass is 167 g/mol. The van der Waals surface area contributed by atoms with Crippen LogP contribution in [-0.2, 0) is 4.79 Å². The van der Waals surface area contributed by atoms with Crippen molar-refractivity contribution in [3.63, 3.8) is 0 Å². The summed E-state index contributed by atoms with van der Waals surface area (Å²) < 4.78 is 0. The first kappa shape index (κ1) is 10.6. The number of hydrogen-bond donors (Lipinski definition) is 1. The van der Waals surface area contributed by atoms with Crippen molar-refractivity contribution < 1.29 is 9.90 Å². The third-order valence-electron chi connectivity index (χ3n) is 1.24. The molecule has 0 rings (SSSR count). The van der Waals surface area contributed by atoms with Crippen LogP contribution in [0.25, 0.3) is 0 Å². The zero-order valence-electron chi connectivity index (χ0n) is 7.37. The van der Waals surface area contributed by atoms with E-state index in [0.717, 1.165) is 0 Å². The molecule has 0 heterocycles. The average Bonchev–Trinajstić information content (AvgIpc) is 2.00. The smallest absolute Gasteiger partial charge is 0.335 e. The van der Waals surface area contributed by atoms with E-state index in [1.807, 2.05) is 6.92 Å². The molecule has 0 unspecified atom stereocenters. The molecular formula is C9H13NO2. The quantitative estimate of drug-likeness (QED) is 0.393. The Morgan fingerprint density at radius 1 is 1.67 bits per heavy atom. The fourth-order valence-corrected chi connectivity index (χ4v) is 0.728. The second-order valence-electron chi connectivity index (χ2n) is 2.22. The summed E-state index contributed by atoms with van der Waals surface area (Å²) in [6.07, 6.45) is 2.80. The lowest BCUT2D eigenvalue weighted by molar-refractivity contribution is -0.132. The van der Waals surface area contributed by atoms with E-state index < -0.39 is 5.97 Å². The van der Waals surface area contributed by atoms with E-state index in [4.69, 9.17) is 5.11 Å². The maximum atomic E-state index is 10.5. The summed E-state index contributed by atoms with van der Waals surface area (Å²) in [5.41, 5.74) is 0.875. The van der Waals surface area contributed by atoms with Gasteiger partial charge in [0.25, 0.3) is 0 Å².